The molecule has 2 aliphatic rings. The topological polar surface area (TPSA) is 46.3 Å². The monoisotopic (exact) mass is 224 g/mol. The summed E-state index contributed by atoms with van der Waals surface area (Å²) in [4.78, 5) is 14.4. The highest BCUT2D eigenvalue weighted by molar-refractivity contribution is 5.86. The van der Waals surface area contributed by atoms with Crippen molar-refractivity contribution in [2.75, 3.05) is 13.1 Å². The van der Waals surface area contributed by atoms with Crippen LogP contribution in [0, 0.1) is 11.8 Å². The van der Waals surface area contributed by atoms with Crippen molar-refractivity contribution in [3.8, 4) is 0 Å². The number of nitrogens with zero attached hydrogens (tertiary/aromatic N) is 1. The number of carbonyl (C=O) groups is 1. The summed E-state index contributed by atoms with van der Waals surface area (Å²) in [6.07, 6.45) is 5.12. The van der Waals surface area contributed by atoms with Crippen molar-refractivity contribution in [1.29, 1.82) is 0 Å². The number of hydrogen-bond donors (Lipinski definition) is 1. The van der Waals surface area contributed by atoms with E-state index >= 15 is 0 Å². The average molecular weight is 224 g/mol. The van der Waals surface area contributed by atoms with Gasteiger partial charge < -0.3 is 10.6 Å². The summed E-state index contributed by atoms with van der Waals surface area (Å²) in [6, 6.07) is 0. The van der Waals surface area contributed by atoms with Crippen LogP contribution in [0.4, 0.5) is 0 Å². The number of hydrogen-bond acceptors (Lipinski definition) is 2. The van der Waals surface area contributed by atoms with Crippen molar-refractivity contribution in [2.24, 2.45) is 17.6 Å². The first-order chi connectivity index (χ1) is 7.53. The third-order valence-electron chi connectivity index (χ3n) is 4.54. The quantitative estimate of drug-likeness (QED) is 0.737. The van der Waals surface area contributed by atoms with E-state index in [2.05, 4.69) is 13.8 Å². The van der Waals surface area contributed by atoms with Crippen molar-refractivity contribution < 1.29 is 4.79 Å². The fourth-order valence-corrected chi connectivity index (χ4v) is 2.98. The Morgan fingerprint density at radius 1 is 1.25 bits per heavy atom. The van der Waals surface area contributed by atoms with Gasteiger partial charge in [-0.15, -0.1) is 0 Å². The summed E-state index contributed by atoms with van der Waals surface area (Å²) in [6.45, 7) is 6.32. The predicted octanol–water partition coefficient (Wildman–Crippen LogP) is 1.76. The van der Waals surface area contributed by atoms with Crippen molar-refractivity contribution >= 4 is 5.91 Å². The number of likely N-dealkylation sites (tertiary alicyclic amines) is 1. The second kappa shape index (κ2) is 4.36. The molecule has 0 bridgehead atoms. The molecule has 1 aliphatic carbocycles. The molecule has 1 amide bonds. The van der Waals surface area contributed by atoms with Crippen LogP contribution in [0.3, 0.4) is 0 Å². The van der Waals surface area contributed by atoms with Gasteiger partial charge in [0.1, 0.15) is 0 Å². The first kappa shape index (κ1) is 11.9. The zero-order valence-corrected chi connectivity index (χ0v) is 10.5. The Hall–Kier alpha value is -0.570. The molecule has 2 N–H and O–H groups in total. The zero-order valence-electron chi connectivity index (χ0n) is 10.5. The lowest BCUT2D eigenvalue weighted by molar-refractivity contribution is -0.139. The second-order valence-electron chi connectivity index (χ2n) is 5.86. The van der Waals surface area contributed by atoms with Crippen LogP contribution in [0.15, 0.2) is 0 Å². The minimum Gasteiger partial charge on any atom is -0.341 e. The smallest absolute Gasteiger partial charge is 0.242 e. The first-order valence-electron chi connectivity index (χ1n) is 6.61. The van der Waals surface area contributed by atoms with E-state index in [1.807, 2.05) is 4.90 Å². The fraction of sp³-hybridized carbons (Fsp3) is 0.923. The minimum atomic E-state index is -0.527. The maximum atomic E-state index is 12.4. The van der Waals surface area contributed by atoms with Crippen LogP contribution in [0.5, 0.6) is 0 Å². The molecule has 0 aromatic carbocycles. The van der Waals surface area contributed by atoms with Gasteiger partial charge in [-0.1, -0.05) is 26.7 Å². The summed E-state index contributed by atoms with van der Waals surface area (Å²) < 4.78 is 0. The van der Waals surface area contributed by atoms with Crippen molar-refractivity contribution in [3.05, 3.63) is 0 Å². The SMILES string of the molecule is CC1CCN(C(=O)C2(N)CCCC2)CC1C. The molecule has 0 aromatic heterocycles. The van der Waals surface area contributed by atoms with E-state index in [4.69, 9.17) is 5.73 Å². The molecule has 0 spiro atoms. The van der Waals surface area contributed by atoms with Gasteiger partial charge in [-0.25, -0.2) is 0 Å². The Labute approximate surface area is 98.4 Å². The molecule has 0 radical (unpaired) electrons. The molecule has 1 saturated carbocycles. The summed E-state index contributed by atoms with van der Waals surface area (Å²) in [7, 11) is 0. The van der Waals surface area contributed by atoms with Gasteiger partial charge in [0.15, 0.2) is 0 Å². The van der Waals surface area contributed by atoms with E-state index in [-0.39, 0.29) is 5.91 Å². The van der Waals surface area contributed by atoms with Crippen LogP contribution in [0.1, 0.15) is 46.0 Å². The summed E-state index contributed by atoms with van der Waals surface area (Å²) in [5.74, 6) is 1.56. The molecule has 0 aromatic rings. The van der Waals surface area contributed by atoms with Gasteiger partial charge in [0, 0.05) is 13.1 Å². The van der Waals surface area contributed by atoms with E-state index in [1.54, 1.807) is 0 Å². The van der Waals surface area contributed by atoms with Crippen LogP contribution in [0.25, 0.3) is 0 Å². The van der Waals surface area contributed by atoms with Crippen LogP contribution in [-0.2, 0) is 4.79 Å². The van der Waals surface area contributed by atoms with E-state index in [1.165, 1.54) is 0 Å². The Morgan fingerprint density at radius 3 is 2.44 bits per heavy atom. The number of piperidine rings is 1. The average Bonchev–Trinajstić information content (AvgIpc) is 2.70. The Morgan fingerprint density at radius 2 is 1.88 bits per heavy atom. The zero-order chi connectivity index (χ0) is 11.8. The van der Waals surface area contributed by atoms with E-state index in [0.717, 1.165) is 51.1 Å². The van der Waals surface area contributed by atoms with Gasteiger partial charge in [-0.2, -0.15) is 0 Å². The van der Waals surface area contributed by atoms with Gasteiger partial charge in [-0.05, 0) is 31.1 Å². The van der Waals surface area contributed by atoms with Gasteiger partial charge in [0.25, 0.3) is 0 Å². The summed E-state index contributed by atoms with van der Waals surface area (Å²) in [5.41, 5.74) is 5.69. The fourth-order valence-electron chi connectivity index (χ4n) is 2.98. The lowest BCUT2D eigenvalue weighted by Crippen LogP contribution is -2.56. The molecule has 1 heterocycles. The third-order valence-corrected chi connectivity index (χ3v) is 4.54. The molecule has 1 aliphatic heterocycles. The van der Waals surface area contributed by atoms with Gasteiger partial charge in [-0.3, -0.25) is 4.79 Å². The molecule has 2 unspecified atom stereocenters. The molecule has 2 fully saturated rings. The van der Waals surface area contributed by atoms with Crippen molar-refractivity contribution in [2.45, 2.75) is 51.5 Å². The Bertz CT molecular complexity index is 271. The Kier molecular flexibility index (Phi) is 3.24. The molecule has 2 atom stereocenters. The lowest BCUT2D eigenvalue weighted by atomic mass is 9.87. The number of carbonyl (C=O) groups excluding carboxylic acids is 1. The van der Waals surface area contributed by atoms with E-state index in [9.17, 15) is 4.79 Å². The third kappa shape index (κ3) is 2.10. The Balaban J connectivity index is 2.00. The number of rotatable bonds is 1. The van der Waals surface area contributed by atoms with Crippen LogP contribution in [0.2, 0.25) is 0 Å². The molecule has 3 heteroatoms. The van der Waals surface area contributed by atoms with Crippen molar-refractivity contribution in [1.82, 2.24) is 4.90 Å². The van der Waals surface area contributed by atoms with E-state index in [0.29, 0.717) is 5.92 Å². The van der Waals surface area contributed by atoms with Gasteiger partial charge >= 0.3 is 0 Å². The van der Waals surface area contributed by atoms with Crippen molar-refractivity contribution in [3.63, 3.8) is 0 Å². The molecular formula is C13H24N2O. The highest BCUT2D eigenvalue weighted by atomic mass is 16.2. The molecule has 3 nitrogen and oxygen atoms in total. The van der Waals surface area contributed by atoms with Crippen LogP contribution >= 0.6 is 0 Å². The maximum absolute atomic E-state index is 12.4. The highest BCUT2D eigenvalue weighted by Gasteiger charge is 2.41. The molecule has 92 valence electrons. The van der Waals surface area contributed by atoms with Crippen LogP contribution in [-0.4, -0.2) is 29.4 Å². The molecular weight excluding hydrogens is 200 g/mol. The van der Waals surface area contributed by atoms with Gasteiger partial charge in [0.05, 0.1) is 5.54 Å². The summed E-state index contributed by atoms with van der Waals surface area (Å²) >= 11 is 0. The van der Waals surface area contributed by atoms with Gasteiger partial charge in [0.2, 0.25) is 5.91 Å². The number of amides is 1. The predicted molar refractivity (Wildman–Crippen MR) is 64.9 cm³/mol. The molecule has 16 heavy (non-hydrogen) atoms. The largest absolute Gasteiger partial charge is 0.341 e. The molecule has 1 saturated heterocycles. The van der Waals surface area contributed by atoms with E-state index < -0.39 is 5.54 Å². The summed E-state index contributed by atoms with van der Waals surface area (Å²) in [5, 5.41) is 0. The first-order valence-corrected chi connectivity index (χ1v) is 6.61. The standard InChI is InChI=1S/C13H24N2O/c1-10-5-8-15(9-11(10)2)12(16)13(14)6-3-4-7-13/h10-11H,3-9,14H2,1-2H3. The minimum absolute atomic E-state index is 0.212. The highest BCUT2D eigenvalue weighted by Crippen LogP contribution is 2.31. The molecule has 2 rings (SSSR count). The number of nitrogens with two attached hydrogens (primary N) is 1. The van der Waals surface area contributed by atoms with Crippen LogP contribution < -0.4 is 5.73 Å². The second-order valence-corrected chi connectivity index (χ2v) is 5.86. The lowest BCUT2D eigenvalue weighted by Gasteiger charge is -2.39. The maximum Gasteiger partial charge on any atom is 0.242 e. The normalized spacial score (nSPS) is 34.1.